The number of H-pyrrole nitrogens is 1. The molecule has 0 atom stereocenters. The number of hydrogen-bond acceptors (Lipinski definition) is 3. The average Bonchev–Trinajstić information content (AvgIpc) is 2.95. The van der Waals surface area contributed by atoms with Crippen LogP contribution in [0.15, 0.2) is 53.7 Å². The summed E-state index contributed by atoms with van der Waals surface area (Å²) in [6.07, 6.45) is 3.64. The Hall–Kier alpha value is -2.27. The third-order valence-electron chi connectivity index (χ3n) is 3.03. The molecule has 0 radical (unpaired) electrons. The van der Waals surface area contributed by atoms with Crippen molar-refractivity contribution in [3.63, 3.8) is 0 Å². The van der Waals surface area contributed by atoms with Gasteiger partial charge in [0.25, 0.3) is 5.91 Å². The van der Waals surface area contributed by atoms with Gasteiger partial charge in [-0.05, 0) is 48.7 Å². The average molecular weight is 283 g/mol. The van der Waals surface area contributed by atoms with Crippen molar-refractivity contribution in [3.8, 4) is 0 Å². The molecule has 4 nitrogen and oxygen atoms in total. The Bertz CT molecular complexity index is 749. The zero-order valence-electron chi connectivity index (χ0n) is 10.9. The van der Waals surface area contributed by atoms with Gasteiger partial charge in [-0.3, -0.25) is 4.79 Å². The number of imidazole rings is 1. The third-order valence-corrected chi connectivity index (χ3v) is 3.77. The van der Waals surface area contributed by atoms with Gasteiger partial charge in [-0.1, -0.05) is 0 Å². The minimum Gasteiger partial charge on any atom is -0.345 e. The Morgan fingerprint density at radius 2 is 2.00 bits per heavy atom. The Labute approximate surface area is 120 Å². The van der Waals surface area contributed by atoms with E-state index in [1.807, 2.05) is 36.6 Å². The summed E-state index contributed by atoms with van der Waals surface area (Å²) in [4.78, 5) is 20.5. The molecule has 0 bridgehead atoms. The SMILES string of the molecule is CSc1ccc(NC(=O)c2ccc3nc[nH]c3c2)cc1. The van der Waals surface area contributed by atoms with Gasteiger partial charge in [0.2, 0.25) is 0 Å². The molecular formula is C15H13N3OS. The van der Waals surface area contributed by atoms with Crippen molar-refractivity contribution >= 4 is 34.4 Å². The van der Waals surface area contributed by atoms with E-state index in [9.17, 15) is 4.79 Å². The molecule has 0 aliphatic carbocycles. The van der Waals surface area contributed by atoms with E-state index in [0.717, 1.165) is 16.7 Å². The number of thioether (sulfide) groups is 1. The Morgan fingerprint density at radius 3 is 2.75 bits per heavy atom. The molecule has 5 heteroatoms. The standard InChI is InChI=1S/C15H13N3OS/c1-20-12-5-3-11(4-6-12)18-15(19)10-2-7-13-14(8-10)17-9-16-13/h2-9H,1H3,(H,16,17)(H,18,19). The highest BCUT2D eigenvalue weighted by Gasteiger charge is 2.07. The summed E-state index contributed by atoms with van der Waals surface area (Å²) in [5.74, 6) is -0.126. The fourth-order valence-electron chi connectivity index (χ4n) is 1.95. The fraction of sp³-hybridized carbons (Fsp3) is 0.0667. The lowest BCUT2D eigenvalue weighted by Gasteiger charge is -2.06. The Kier molecular flexibility index (Phi) is 3.43. The van der Waals surface area contributed by atoms with Crippen molar-refractivity contribution in [1.82, 2.24) is 9.97 Å². The van der Waals surface area contributed by atoms with Gasteiger partial charge in [0.1, 0.15) is 0 Å². The molecule has 0 fully saturated rings. The molecule has 1 amide bonds. The Balaban J connectivity index is 1.80. The van der Waals surface area contributed by atoms with Crippen molar-refractivity contribution < 1.29 is 4.79 Å². The molecule has 2 aromatic carbocycles. The zero-order valence-corrected chi connectivity index (χ0v) is 11.7. The number of rotatable bonds is 3. The number of carbonyl (C=O) groups is 1. The number of fused-ring (bicyclic) bond motifs is 1. The summed E-state index contributed by atoms with van der Waals surface area (Å²) in [7, 11) is 0. The van der Waals surface area contributed by atoms with E-state index >= 15 is 0 Å². The molecule has 3 rings (SSSR count). The predicted octanol–water partition coefficient (Wildman–Crippen LogP) is 3.54. The highest BCUT2D eigenvalue weighted by atomic mass is 32.2. The van der Waals surface area contributed by atoms with E-state index < -0.39 is 0 Å². The maximum atomic E-state index is 12.2. The van der Waals surface area contributed by atoms with E-state index in [2.05, 4.69) is 15.3 Å². The number of hydrogen-bond donors (Lipinski definition) is 2. The highest BCUT2D eigenvalue weighted by molar-refractivity contribution is 7.98. The molecule has 1 aromatic heterocycles. The predicted molar refractivity (Wildman–Crippen MR) is 82.3 cm³/mol. The van der Waals surface area contributed by atoms with E-state index in [1.165, 1.54) is 4.90 Å². The number of amides is 1. The van der Waals surface area contributed by atoms with Gasteiger partial charge in [-0.15, -0.1) is 11.8 Å². The van der Waals surface area contributed by atoms with Crippen LogP contribution in [0.2, 0.25) is 0 Å². The van der Waals surface area contributed by atoms with Crippen LogP contribution in [-0.2, 0) is 0 Å². The van der Waals surface area contributed by atoms with Crippen LogP contribution in [0.4, 0.5) is 5.69 Å². The van der Waals surface area contributed by atoms with Crippen molar-refractivity contribution in [2.45, 2.75) is 4.90 Å². The first kappa shape index (κ1) is 12.7. The van der Waals surface area contributed by atoms with Gasteiger partial charge in [0.05, 0.1) is 17.4 Å². The van der Waals surface area contributed by atoms with E-state index in [-0.39, 0.29) is 5.91 Å². The van der Waals surface area contributed by atoms with Gasteiger partial charge in [-0.25, -0.2) is 4.98 Å². The molecule has 100 valence electrons. The van der Waals surface area contributed by atoms with Crippen LogP contribution in [0.1, 0.15) is 10.4 Å². The lowest BCUT2D eigenvalue weighted by atomic mass is 10.2. The second kappa shape index (κ2) is 5.38. The van der Waals surface area contributed by atoms with Crippen molar-refractivity contribution in [1.29, 1.82) is 0 Å². The summed E-state index contributed by atoms with van der Waals surface area (Å²) in [6, 6.07) is 13.2. The topological polar surface area (TPSA) is 57.8 Å². The number of benzene rings is 2. The summed E-state index contributed by atoms with van der Waals surface area (Å²) in [5.41, 5.74) is 3.11. The maximum absolute atomic E-state index is 12.2. The fourth-order valence-corrected chi connectivity index (χ4v) is 2.36. The van der Waals surface area contributed by atoms with E-state index in [0.29, 0.717) is 5.56 Å². The number of aromatic amines is 1. The van der Waals surface area contributed by atoms with Crippen LogP contribution >= 0.6 is 11.8 Å². The summed E-state index contributed by atoms with van der Waals surface area (Å²) >= 11 is 1.67. The Morgan fingerprint density at radius 1 is 1.20 bits per heavy atom. The maximum Gasteiger partial charge on any atom is 0.255 e. The third kappa shape index (κ3) is 2.53. The lowest BCUT2D eigenvalue weighted by molar-refractivity contribution is 0.102. The number of aromatic nitrogens is 2. The second-order valence-corrected chi connectivity index (χ2v) is 5.20. The number of carbonyl (C=O) groups excluding carboxylic acids is 1. The first-order valence-corrected chi connectivity index (χ1v) is 7.37. The first-order chi connectivity index (χ1) is 9.76. The van der Waals surface area contributed by atoms with Crippen LogP contribution in [0, 0.1) is 0 Å². The van der Waals surface area contributed by atoms with Crippen molar-refractivity contribution in [2.24, 2.45) is 0 Å². The molecular weight excluding hydrogens is 270 g/mol. The van der Waals surface area contributed by atoms with Crippen LogP contribution < -0.4 is 5.32 Å². The van der Waals surface area contributed by atoms with Crippen molar-refractivity contribution in [2.75, 3.05) is 11.6 Å². The lowest BCUT2D eigenvalue weighted by Crippen LogP contribution is -2.11. The molecule has 2 N–H and O–H groups in total. The van der Waals surface area contributed by atoms with Crippen molar-refractivity contribution in [3.05, 3.63) is 54.4 Å². The van der Waals surface area contributed by atoms with Crippen LogP contribution in [-0.4, -0.2) is 22.1 Å². The minimum absolute atomic E-state index is 0.126. The van der Waals surface area contributed by atoms with Crippen LogP contribution in [0.5, 0.6) is 0 Å². The molecule has 0 aliphatic rings. The molecule has 0 aliphatic heterocycles. The van der Waals surface area contributed by atoms with Crippen LogP contribution in [0.3, 0.4) is 0 Å². The van der Waals surface area contributed by atoms with Gasteiger partial charge in [0, 0.05) is 16.1 Å². The molecule has 0 unspecified atom stereocenters. The summed E-state index contributed by atoms with van der Waals surface area (Å²) in [5, 5.41) is 2.88. The quantitative estimate of drug-likeness (QED) is 0.723. The van der Waals surface area contributed by atoms with Gasteiger partial charge < -0.3 is 10.3 Å². The van der Waals surface area contributed by atoms with Gasteiger partial charge in [-0.2, -0.15) is 0 Å². The molecule has 3 aromatic rings. The molecule has 0 spiro atoms. The molecule has 0 saturated carbocycles. The second-order valence-electron chi connectivity index (χ2n) is 4.32. The largest absolute Gasteiger partial charge is 0.345 e. The molecule has 20 heavy (non-hydrogen) atoms. The molecule has 1 heterocycles. The number of nitrogens with one attached hydrogen (secondary N) is 2. The molecule has 0 saturated heterocycles. The zero-order chi connectivity index (χ0) is 13.9. The summed E-state index contributed by atoms with van der Waals surface area (Å²) < 4.78 is 0. The van der Waals surface area contributed by atoms with Gasteiger partial charge >= 0.3 is 0 Å². The van der Waals surface area contributed by atoms with Gasteiger partial charge in [0.15, 0.2) is 0 Å². The van der Waals surface area contributed by atoms with Crippen LogP contribution in [0.25, 0.3) is 11.0 Å². The van der Waals surface area contributed by atoms with E-state index in [1.54, 1.807) is 30.2 Å². The normalized spacial score (nSPS) is 10.7. The number of nitrogens with zero attached hydrogens (tertiary/aromatic N) is 1. The summed E-state index contributed by atoms with van der Waals surface area (Å²) in [6.45, 7) is 0. The highest BCUT2D eigenvalue weighted by Crippen LogP contribution is 2.18. The monoisotopic (exact) mass is 283 g/mol. The first-order valence-electron chi connectivity index (χ1n) is 6.15. The van der Waals surface area contributed by atoms with E-state index in [4.69, 9.17) is 0 Å². The smallest absolute Gasteiger partial charge is 0.255 e. The number of anilines is 1. The minimum atomic E-state index is -0.126.